The van der Waals surface area contributed by atoms with Crippen LogP contribution in [0, 0.1) is 5.92 Å². The SMILES string of the molecule is CCCC[C@H](CC)CNC(=O)COc1ccc(CC)cc1Br. The van der Waals surface area contributed by atoms with E-state index in [4.69, 9.17) is 4.74 Å². The summed E-state index contributed by atoms with van der Waals surface area (Å²) in [5.41, 5.74) is 1.24. The van der Waals surface area contributed by atoms with Crippen molar-refractivity contribution >= 4 is 21.8 Å². The predicted octanol–water partition coefficient (Wildman–Crippen LogP) is 4.72. The summed E-state index contributed by atoms with van der Waals surface area (Å²) in [7, 11) is 0. The summed E-state index contributed by atoms with van der Waals surface area (Å²) in [4.78, 5) is 11.9. The number of halogens is 1. The van der Waals surface area contributed by atoms with E-state index in [1.807, 2.05) is 18.2 Å². The largest absolute Gasteiger partial charge is 0.483 e. The third kappa shape index (κ3) is 6.82. The van der Waals surface area contributed by atoms with Crippen LogP contribution in [0.3, 0.4) is 0 Å². The Morgan fingerprint density at radius 3 is 2.68 bits per heavy atom. The maximum atomic E-state index is 11.9. The molecule has 4 heteroatoms. The zero-order chi connectivity index (χ0) is 16.4. The minimum Gasteiger partial charge on any atom is -0.483 e. The summed E-state index contributed by atoms with van der Waals surface area (Å²) in [6.07, 6.45) is 5.69. The minimum atomic E-state index is -0.0542. The second-order valence-electron chi connectivity index (χ2n) is 5.63. The van der Waals surface area contributed by atoms with Crippen LogP contribution in [0.2, 0.25) is 0 Å². The molecule has 0 aliphatic rings. The lowest BCUT2D eigenvalue weighted by Crippen LogP contribution is -2.33. The number of rotatable bonds is 10. The summed E-state index contributed by atoms with van der Waals surface area (Å²) in [5, 5.41) is 2.98. The lowest BCUT2D eigenvalue weighted by molar-refractivity contribution is -0.123. The van der Waals surface area contributed by atoms with Crippen LogP contribution in [0.25, 0.3) is 0 Å². The fourth-order valence-corrected chi connectivity index (χ4v) is 2.82. The molecule has 1 N–H and O–H groups in total. The molecular formula is C18H28BrNO2. The van der Waals surface area contributed by atoms with E-state index in [1.165, 1.54) is 24.8 Å². The fraction of sp³-hybridized carbons (Fsp3) is 0.611. The van der Waals surface area contributed by atoms with E-state index in [9.17, 15) is 4.79 Å². The Morgan fingerprint density at radius 1 is 1.32 bits per heavy atom. The van der Waals surface area contributed by atoms with Crippen molar-refractivity contribution in [2.75, 3.05) is 13.2 Å². The monoisotopic (exact) mass is 369 g/mol. The van der Waals surface area contributed by atoms with Gasteiger partial charge in [0.25, 0.3) is 5.91 Å². The quantitative estimate of drug-likeness (QED) is 0.647. The molecule has 0 bridgehead atoms. The highest BCUT2D eigenvalue weighted by Crippen LogP contribution is 2.26. The van der Waals surface area contributed by atoms with Crippen molar-refractivity contribution in [2.45, 2.75) is 52.9 Å². The van der Waals surface area contributed by atoms with Gasteiger partial charge in [-0.1, -0.05) is 46.1 Å². The highest BCUT2D eigenvalue weighted by molar-refractivity contribution is 9.10. The van der Waals surface area contributed by atoms with Gasteiger partial charge in [0.15, 0.2) is 6.61 Å². The van der Waals surface area contributed by atoms with Crippen LogP contribution in [-0.2, 0) is 11.2 Å². The van der Waals surface area contributed by atoms with E-state index in [0.29, 0.717) is 11.7 Å². The van der Waals surface area contributed by atoms with E-state index in [0.717, 1.165) is 23.9 Å². The van der Waals surface area contributed by atoms with Gasteiger partial charge in [-0.3, -0.25) is 4.79 Å². The molecule has 0 aliphatic carbocycles. The van der Waals surface area contributed by atoms with Crippen LogP contribution >= 0.6 is 15.9 Å². The smallest absolute Gasteiger partial charge is 0.257 e. The number of aryl methyl sites for hydroxylation is 1. The van der Waals surface area contributed by atoms with Gasteiger partial charge in [-0.05, 0) is 52.4 Å². The molecular weight excluding hydrogens is 342 g/mol. The number of amides is 1. The molecule has 0 spiro atoms. The van der Waals surface area contributed by atoms with Crippen molar-refractivity contribution in [3.05, 3.63) is 28.2 Å². The number of unbranched alkanes of at least 4 members (excludes halogenated alkanes) is 1. The van der Waals surface area contributed by atoms with Crippen LogP contribution in [0.15, 0.2) is 22.7 Å². The second kappa shape index (κ2) is 10.7. The molecule has 0 fully saturated rings. The summed E-state index contributed by atoms with van der Waals surface area (Å²) in [6, 6.07) is 5.97. The molecule has 0 saturated heterocycles. The zero-order valence-electron chi connectivity index (χ0n) is 14.0. The Kier molecular flexibility index (Phi) is 9.21. The maximum Gasteiger partial charge on any atom is 0.257 e. The molecule has 0 unspecified atom stereocenters. The molecule has 0 radical (unpaired) electrons. The van der Waals surface area contributed by atoms with Gasteiger partial charge in [0.2, 0.25) is 0 Å². The van der Waals surface area contributed by atoms with Gasteiger partial charge in [0.1, 0.15) is 5.75 Å². The fourth-order valence-electron chi connectivity index (χ4n) is 2.28. The van der Waals surface area contributed by atoms with Crippen LogP contribution in [0.4, 0.5) is 0 Å². The van der Waals surface area contributed by atoms with E-state index >= 15 is 0 Å². The Morgan fingerprint density at radius 2 is 2.09 bits per heavy atom. The van der Waals surface area contributed by atoms with Crippen LogP contribution < -0.4 is 10.1 Å². The average molecular weight is 370 g/mol. The lowest BCUT2D eigenvalue weighted by Gasteiger charge is -2.15. The number of carbonyl (C=O) groups excluding carboxylic acids is 1. The predicted molar refractivity (Wildman–Crippen MR) is 95.3 cm³/mol. The highest BCUT2D eigenvalue weighted by Gasteiger charge is 2.10. The number of carbonyl (C=O) groups is 1. The van der Waals surface area contributed by atoms with E-state index in [-0.39, 0.29) is 12.5 Å². The first-order chi connectivity index (χ1) is 10.6. The van der Waals surface area contributed by atoms with Crippen molar-refractivity contribution in [2.24, 2.45) is 5.92 Å². The summed E-state index contributed by atoms with van der Waals surface area (Å²) in [6.45, 7) is 7.29. The number of hydrogen-bond acceptors (Lipinski definition) is 2. The molecule has 1 atom stereocenters. The minimum absolute atomic E-state index is 0.0542. The molecule has 0 aromatic heterocycles. The topological polar surface area (TPSA) is 38.3 Å². The standard InChI is InChI=1S/C18H28BrNO2/c1-4-7-8-15(6-3)12-20-18(21)13-22-17-10-9-14(5-2)11-16(17)19/h9-11,15H,4-8,12-13H2,1-3H3,(H,20,21)/t15-/m0/s1. The zero-order valence-corrected chi connectivity index (χ0v) is 15.5. The molecule has 0 heterocycles. The Labute approximate surface area is 143 Å². The molecule has 124 valence electrons. The van der Waals surface area contributed by atoms with Crippen molar-refractivity contribution in [3.8, 4) is 5.75 Å². The van der Waals surface area contributed by atoms with Crippen LogP contribution in [0.5, 0.6) is 5.75 Å². The molecule has 1 rings (SSSR count). The number of hydrogen-bond donors (Lipinski definition) is 1. The number of benzene rings is 1. The Hall–Kier alpha value is -1.03. The molecule has 0 aliphatic heterocycles. The van der Waals surface area contributed by atoms with Gasteiger partial charge >= 0.3 is 0 Å². The summed E-state index contributed by atoms with van der Waals surface area (Å²) < 4.78 is 6.48. The Balaban J connectivity index is 2.36. The molecule has 1 amide bonds. The summed E-state index contributed by atoms with van der Waals surface area (Å²) >= 11 is 3.48. The molecule has 1 aromatic carbocycles. The third-order valence-corrected chi connectivity index (χ3v) is 4.51. The van der Waals surface area contributed by atoms with Gasteiger partial charge < -0.3 is 10.1 Å². The van der Waals surface area contributed by atoms with E-state index < -0.39 is 0 Å². The molecule has 22 heavy (non-hydrogen) atoms. The molecule has 1 aromatic rings. The van der Waals surface area contributed by atoms with Gasteiger partial charge in [-0.25, -0.2) is 0 Å². The van der Waals surface area contributed by atoms with Crippen molar-refractivity contribution < 1.29 is 9.53 Å². The highest BCUT2D eigenvalue weighted by atomic mass is 79.9. The lowest BCUT2D eigenvalue weighted by atomic mass is 9.99. The van der Waals surface area contributed by atoms with Crippen LogP contribution in [0.1, 0.15) is 52.0 Å². The van der Waals surface area contributed by atoms with Crippen LogP contribution in [-0.4, -0.2) is 19.1 Å². The molecule has 0 saturated carbocycles. The van der Waals surface area contributed by atoms with Gasteiger partial charge in [0.05, 0.1) is 4.47 Å². The molecule has 3 nitrogen and oxygen atoms in total. The Bertz CT molecular complexity index is 462. The number of ether oxygens (including phenoxy) is 1. The third-order valence-electron chi connectivity index (χ3n) is 3.89. The summed E-state index contributed by atoms with van der Waals surface area (Å²) in [5.74, 6) is 1.23. The van der Waals surface area contributed by atoms with Gasteiger partial charge in [-0.2, -0.15) is 0 Å². The van der Waals surface area contributed by atoms with Crippen molar-refractivity contribution in [1.29, 1.82) is 0 Å². The first kappa shape index (κ1) is 19.0. The van der Waals surface area contributed by atoms with Crippen molar-refractivity contribution in [1.82, 2.24) is 5.32 Å². The normalized spacial score (nSPS) is 12.0. The maximum absolute atomic E-state index is 11.9. The van der Waals surface area contributed by atoms with Crippen molar-refractivity contribution in [3.63, 3.8) is 0 Å². The first-order valence-electron chi connectivity index (χ1n) is 8.28. The van der Waals surface area contributed by atoms with Gasteiger partial charge in [-0.15, -0.1) is 0 Å². The first-order valence-corrected chi connectivity index (χ1v) is 9.07. The number of nitrogens with one attached hydrogen (secondary N) is 1. The second-order valence-corrected chi connectivity index (χ2v) is 6.48. The van der Waals surface area contributed by atoms with Gasteiger partial charge in [0, 0.05) is 6.54 Å². The van der Waals surface area contributed by atoms with E-state index in [2.05, 4.69) is 42.0 Å². The average Bonchev–Trinajstić information content (AvgIpc) is 2.53. The van der Waals surface area contributed by atoms with E-state index in [1.54, 1.807) is 0 Å².